The lowest BCUT2D eigenvalue weighted by molar-refractivity contribution is -0.130. The van der Waals surface area contributed by atoms with Crippen molar-refractivity contribution in [3.05, 3.63) is 11.8 Å². The summed E-state index contributed by atoms with van der Waals surface area (Å²) in [4.78, 5) is 0. The number of aromatic nitrogens is 2. The molecule has 0 aliphatic heterocycles. The molecule has 1 aromatic heterocycles. The molecule has 0 aromatic carbocycles. The lowest BCUT2D eigenvalue weighted by Crippen LogP contribution is -2.23. The van der Waals surface area contributed by atoms with E-state index in [9.17, 15) is 13.2 Å². The molecule has 1 aromatic rings. The summed E-state index contributed by atoms with van der Waals surface area (Å²) in [6.45, 7) is 4.82. The van der Waals surface area contributed by atoms with Crippen LogP contribution in [0.3, 0.4) is 0 Å². The first-order valence-electron chi connectivity index (χ1n) is 5.48. The monoisotopic (exact) mass is 251 g/mol. The lowest BCUT2D eigenvalue weighted by Gasteiger charge is -2.05. The summed E-state index contributed by atoms with van der Waals surface area (Å²) in [5.41, 5.74) is 0. The van der Waals surface area contributed by atoms with E-state index in [-0.39, 0.29) is 11.8 Å². The minimum absolute atomic E-state index is 0.259. The molecule has 7 heteroatoms. The van der Waals surface area contributed by atoms with Gasteiger partial charge in [-0.05, 0) is 13.0 Å². The van der Waals surface area contributed by atoms with E-state index in [1.165, 1.54) is 0 Å². The first kappa shape index (κ1) is 14.0. The van der Waals surface area contributed by atoms with E-state index in [1.807, 2.05) is 13.8 Å². The number of nitrogens with zero attached hydrogens (tertiary/aromatic N) is 2. The Morgan fingerprint density at radius 2 is 1.88 bits per heavy atom. The summed E-state index contributed by atoms with van der Waals surface area (Å²) in [6.07, 6.45) is -4.22. The Morgan fingerprint density at radius 1 is 1.24 bits per heavy atom. The van der Waals surface area contributed by atoms with Crippen molar-refractivity contribution in [1.29, 1.82) is 0 Å². The Balaban J connectivity index is 2.31. The maximum atomic E-state index is 12.0. The van der Waals surface area contributed by atoms with Crippen LogP contribution in [-0.4, -0.2) is 29.0 Å². The highest BCUT2D eigenvalue weighted by molar-refractivity contribution is 4.84. The third-order valence-electron chi connectivity index (χ3n) is 1.98. The van der Waals surface area contributed by atoms with Crippen LogP contribution >= 0.6 is 0 Å². The van der Waals surface area contributed by atoms with E-state index in [1.54, 1.807) is 0 Å². The Bertz CT molecular complexity index is 336. The number of alkyl halides is 3. The number of hydrogen-bond acceptors (Lipinski definition) is 4. The van der Waals surface area contributed by atoms with Crippen LogP contribution < -0.4 is 5.32 Å². The van der Waals surface area contributed by atoms with Gasteiger partial charge in [-0.3, -0.25) is 0 Å². The van der Waals surface area contributed by atoms with Crippen molar-refractivity contribution < 1.29 is 17.6 Å². The molecule has 98 valence electrons. The van der Waals surface area contributed by atoms with E-state index in [2.05, 4.69) is 15.5 Å². The van der Waals surface area contributed by atoms with Gasteiger partial charge >= 0.3 is 6.18 Å². The molecule has 0 atom stereocenters. The first-order chi connectivity index (χ1) is 7.87. The van der Waals surface area contributed by atoms with Crippen molar-refractivity contribution in [2.75, 3.05) is 6.54 Å². The van der Waals surface area contributed by atoms with Crippen molar-refractivity contribution >= 4 is 0 Å². The van der Waals surface area contributed by atoms with Crippen LogP contribution in [0, 0.1) is 0 Å². The van der Waals surface area contributed by atoms with Crippen molar-refractivity contribution in [3.63, 3.8) is 0 Å². The third kappa shape index (κ3) is 6.25. The number of hydrogen-bond donors (Lipinski definition) is 1. The Kier molecular flexibility index (Phi) is 4.92. The highest BCUT2D eigenvalue weighted by Crippen LogP contribution is 2.20. The molecule has 0 fully saturated rings. The summed E-state index contributed by atoms with van der Waals surface area (Å²) in [6, 6.07) is 0.387. The molecule has 0 aliphatic carbocycles. The van der Waals surface area contributed by atoms with Gasteiger partial charge in [0.25, 0.3) is 0 Å². The van der Waals surface area contributed by atoms with Crippen LogP contribution in [0.25, 0.3) is 0 Å². The molecule has 0 saturated heterocycles. The molecule has 1 N–H and O–H groups in total. The standard InChI is InChI=1S/C10H16F3N3O/c1-7(2)14-5-3-4-8-15-16-9(17-8)6-10(11,12)13/h7,14H,3-6H2,1-2H3. The van der Waals surface area contributed by atoms with Gasteiger partial charge in [0.1, 0.15) is 6.42 Å². The SMILES string of the molecule is CC(C)NCCCc1nnc(CC(F)(F)F)o1. The topological polar surface area (TPSA) is 51.0 Å². The van der Waals surface area contributed by atoms with Crippen molar-refractivity contribution in [2.24, 2.45) is 0 Å². The molecule has 1 rings (SSSR count). The van der Waals surface area contributed by atoms with E-state index < -0.39 is 12.6 Å². The summed E-state index contributed by atoms with van der Waals surface area (Å²) >= 11 is 0. The van der Waals surface area contributed by atoms with Gasteiger partial charge in [-0.1, -0.05) is 13.8 Å². The van der Waals surface area contributed by atoms with Gasteiger partial charge in [0.15, 0.2) is 0 Å². The molecule has 0 radical (unpaired) electrons. The number of halogens is 3. The van der Waals surface area contributed by atoms with Gasteiger partial charge in [-0.2, -0.15) is 13.2 Å². The molecule has 0 aliphatic rings. The zero-order valence-corrected chi connectivity index (χ0v) is 9.84. The van der Waals surface area contributed by atoms with Gasteiger partial charge in [0.2, 0.25) is 11.8 Å². The zero-order valence-electron chi connectivity index (χ0n) is 9.84. The van der Waals surface area contributed by atoms with Crippen LogP contribution in [0.5, 0.6) is 0 Å². The molecule has 0 saturated carbocycles. The van der Waals surface area contributed by atoms with Crippen LogP contribution in [0.15, 0.2) is 4.42 Å². The zero-order chi connectivity index (χ0) is 12.9. The molecular weight excluding hydrogens is 235 g/mol. The summed E-state index contributed by atoms with van der Waals surface area (Å²) in [5, 5.41) is 10.1. The number of rotatable bonds is 6. The Hall–Kier alpha value is -1.11. The van der Waals surface area contributed by atoms with Gasteiger partial charge in [-0.25, -0.2) is 0 Å². The first-order valence-corrected chi connectivity index (χ1v) is 5.48. The van der Waals surface area contributed by atoms with Gasteiger partial charge < -0.3 is 9.73 Å². The smallest absolute Gasteiger partial charge is 0.397 e. The molecule has 1 heterocycles. The molecule has 0 amide bonds. The van der Waals surface area contributed by atoms with Gasteiger partial charge in [0.05, 0.1) is 0 Å². The second-order valence-corrected chi connectivity index (χ2v) is 4.09. The Morgan fingerprint density at radius 3 is 2.47 bits per heavy atom. The summed E-state index contributed by atoms with van der Waals surface area (Å²) in [5.74, 6) is -0.112. The lowest BCUT2D eigenvalue weighted by atomic mass is 10.3. The summed E-state index contributed by atoms with van der Waals surface area (Å²) in [7, 11) is 0. The highest BCUT2D eigenvalue weighted by atomic mass is 19.4. The Labute approximate surface area is 97.6 Å². The predicted molar refractivity (Wildman–Crippen MR) is 55.5 cm³/mol. The average molecular weight is 251 g/mol. The van der Waals surface area contributed by atoms with Crippen LogP contribution in [-0.2, 0) is 12.8 Å². The molecule has 4 nitrogen and oxygen atoms in total. The van der Waals surface area contributed by atoms with E-state index in [0.29, 0.717) is 12.5 Å². The highest BCUT2D eigenvalue weighted by Gasteiger charge is 2.30. The number of aryl methyl sites for hydroxylation is 1. The summed E-state index contributed by atoms with van der Waals surface area (Å²) < 4.78 is 40.9. The van der Waals surface area contributed by atoms with E-state index in [4.69, 9.17) is 4.42 Å². The molecule has 0 unspecified atom stereocenters. The van der Waals surface area contributed by atoms with Crippen LogP contribution in [0.4, 0.5) is 13.2 Å². The minimum atomic E-state index is -4.30. The normalized spacial score (nSPS) is 12.4. The maximum Gasteiger partial charge on any atom is 0.397 e. The third-order valence-corrected chi connectivity index (χ3v) is 1.98. The predicted octanol–water partition coefficient (Wildman–Crippen LogP) is 2.10. The van der Waals surface area contributed by atoms with E-state index >= 15 is 0 Å². The maximum absolute atomic E-state index is 12.0. The quantitative estimate of drug-likeness (QED) is 0.787. The van der Waals surface area contributed by atoms with Gasteiger partial charge in [-0.15, -0.1) is 10.2 Å². The fraction of sp³-hybridized carbons (Fsp3) is 0.800. The average Bonchev–Trinajstić information content (AvgIpc) is 2.57. The molecular formula is C10H16F3N3O. The minimum Gasteiger partial charge on any atom is -0.425 e. The van der Waals surface area contributed by atoms with Gasteiger partial charge in [0, 0.05) is 12.5 Å². The second-order valence-electron chi connectivity index (χ2n) is 4.09. The second kappa shape index (κ2) is 6.00. The molecule has 0 bridgehead atoms. The number of nitrogens with one attached hydrogen (secondary N) is 1. The van der Waals surface area contributed by atoms with Crippen LogP contribution in [0.2, 0.25) is 0 Å². The fourth-order valence-electron chi connectivity index (χ4n) is 1.26. The molecule has 17 heavy (non-hydrogen) atoms. The van der Waals surface area contributed by atoms with E-state index in [0.717, 1.165) is 13.0 Å². The van der Waals surface area contributed by atoms with Crippen molar-refractivity contribution in [2.45, 2.75) is 45.3 Å². The van der Waals surface area contributed by atoms with Crippen LogP contribution in [0.1, 0.15) is 32.0 Å². The van der Waals surface area contributed by atoms with Crippen molar-refractivity contribution in [1.82, 2.24) is 15.5 Å². The largest absolute Gasteiger partial charge is 0.425 e. The molecule has 0 spiro atoms. The fourth-order valence-corrected chi connectivity index (χ4v) is 1.26. The van der Waals surface area contributed by atoms with Crippen molar-refractivity contribution in [3.8, 4) is 0 Å².